The molecule has 3 aromatic heterocycles. The largest absolute Gasteiger partial charge is 0.388 e. The topological polar surface area (TPSA) is 84.1 Å². The molecule has 7 nitrogen and oxygen atoms in total. The molecule has 2 atom stereocenters. The summed E-state index contributed by atoms with van der Waals surface area (Å²) >= 11 is 1.59. The highest BCUT2D eigenvalue weighted by molar-refractivity contribution is 7.13. The molecule has 162 valence electrons. The van der Waals surface area contributed by atoms with Gasteiger partial charge in [-0.25, -0.2) is 14.6 Å². The van der Waals surface area contributed by atoms with Crippen molar-refractivity contribution in [2.45, 2.75) is 69.8 Å². The zero-order valence-corrected chi connectivity index (χ0v) is 18.5. The molecule has 2 aliphatic heterocycles. The van der Waals surface area contributed by atoms with E-state index < -0.39 is 5.60 Å². The Morgan fingerprint density at radius 1 is 1.16 bits per heavy atom. The molecule has 31 heavy (non-hydrogen) atoms. The molecule has 3 aromatic rings. The monoisotopic (exact) mass is 437 g/mol. The van der Waals surface area contributed by atoms with E-state index in [4.69, 9.17) is 0 Å². The Balaban J connectivity index is 1.35. The lowest BCUT2D eigenvalue weighted by molar-refractivity contribution is -0.105. The quantitative estimate of drug-likeness (QED) is 0.661. The van der Waals surface area contributed by atoms with E-state index in [-0.39, 0.29) is 24.2 Å². The van der Waals surface area contributed by atoms with Crippen molar-refractivity contribution >= 4 is 11.3 Å². The molecule has 2 aliphatic rings. The number of aliphatic hydroxyl groups is 1. The van der Waals surface area contributed by atoms with Crippen LogP contribution in [-0.2, 0) is 13.1 Å². The summed E-state index contributed by atoms with van der Waals surface area (Å²) in [7, 11) is 0. The second kappa shape index (κ2) is 8.26. The molecular formula is C23H27N5O2S. The van der Waals surface area contributed by atoms with E-state index in [2.05, 4.69) is 20.0 Å². The van der Waals surface area contributed by atoms with E-state index in [0.717, 1.165) is 41.3 Å². The van der Waals surface area contributed by atoms with E-state index in [0.29, 0.717) is 12.8 Å². The highest BCUT2D eigenvalue weighted by Gasteiger charge is 2.45. The first-order chi connectivity index (χ1) is 15.0. The number of hydrogen-bond acceptors (Lipinski definition) is 7. The van der Waals surface area contributed by atoms with Gasteiger partial charge in [-0.1, -0.05) is 12.5 Å². The third kappa shape index (κ3) is 4.33. The average Bonchev–Trinajstić information content (AvgIpc) is 3.27. The predicted octanol–water partition coefficient (Wildman–Crippen LogP) is 3.02. The predicted molar refractivity (Wildman–Crippen MR) is 120 cm³/mol. The maximum absolute atomic E-state index is 12.5. The molecule has 1 N–H and O–H groups in total. The van der Waals surface area contributed by atoms with Crippen molar-refractivity contribution in [1.82, 2.24) is 24.6 Å². The van der Waals surface area contributed by atoms with Crippen LogP contribution in [0.25, 0.3) is 10.6 Å². The summed E-state index contributed by atoms with van der Waals surface area (Å²) in [6, 6.07) is 7.86. The highest BCUT2D eigenvalue weighted by Crippen LogP contribution is 2.40. The Kier molecular flexibility index (Phi) is 5.45. The van der Waals surface area contributed by atoms with Crippen molar-refractivity contribution in [2.75, 3.05) is 0 Å². The Morgan fingerprint density at radius 2 is 1.90 bits per heavy atom. The fraction of sp³-hybridized carbons (Fsp3) is 0.478. The van der Waals surface area contributed by atoms with Crippen LogP contribution in [0.15, 0.2) is 46.8 Å². The Labute approximate surface area is 185 Å². The van der Waals surface area contributed by atoms with E-state index in [1.807, 2.05) is 36.8 Å². The van der Waals surface area contributed by atoms with E-state index in [1.54, 1.807) is 23.5 Å². The fourth-order valence-corrected chi connectivity index (χ4v) is 5.80. The summed E-state index contributed by atoms with van der Waals surface area (Å²) in [5, 5.41) is 18.1. The number of aromatic nitrogens is 4. The van der Waals surface area contributed by atoms with Gasteiger partial charge in [0.2, 0.25) is 0 Å². The summed E-state index contributed by atoms with van der Waals surface area (Å²) in [6.45, 7) is 2.93. The van der Waals surface area contributed by atoms with Crippen LogP contribution in [0.4, 0.5) is 0 Å². The average molecular weight is 438 g/mol. The number of thiophene rings is 1. The van der Waals surface area contributed by atoms with Crippen molar-refractivity contribution in [1.29, 1.82) is 0 Å². The van der Waals surface area contributed by atoms with Crippen LogP contribution in [0.5, 0.6) is 0 Å². The van der Waals surface area contributed by atoms with Crippen molar-refractivity contribution in [3.05, 3.63) is 63.8 Å². The summed E-state index contributed by atoms with van der Waals surface area (Å²) in [5.74, 6) is 0.777. The normalized spacial score (nSPS) is 26.1. The smallest absolute Gasteiger partial charge is 0.266 e. The molecule has 5 heterocycles. The summed E-state index contributed by atoms with van der Waals surface area (Å²) in [6.07, 6.45) is 8.39. The molecule has 0 radical (unpaired) electrons. The first kappa shape index (κ1) is 20.5. The van der Waals surface area contributed by atoms with E-state index >= 15 is 0 Å². The van der Waals surface area contributed by atoms with Crippen molar-refractivity contribution in [2.24, 2.45) is 0 Å². The zero-order chi connectivity index (χ0) is 21.4. The fourth-order valence-electron chi connectivity index (χ4n) is 5.11. The Morgan fingerprint density at radius 3 is 2.58 bits per heavy atom. The molecule has 5 rings (SSSR count). The number of aryl methyl sites for hydroxylation is 1. The minimum Gasteiger partial charge on any atom is -0.388 e. The number of hydrogen-bond donors (Lipinski definition) is 1. The number of rotatable bonds is 5. The number of piperidine rings is 2. The second-order valence-corrected chi connectivity index (χ2v) is 9.82. The van der Waals surface area contributed by atoms with Gasteiger partial charge in [0.05, 0.1) is 17.0 Å². The van der Waals surface area contributed by atoms with Gasteiger partial charge in [0.1, 0.15) is 11.5 Å². The highest BCUT2D eigenvalue weighted by atomic mass is 32.1. The van der Waals surface area contributed by atoms with Gasteiger partial charge in [0.25, 0.3) is 5.56 Å². The zero-order valence-electron chi connectivity index (χ0n) is 17.6. The number of nitrogens with zero attached hydrogens (tertiary/aromatic N) is 5. The van der Waals surface area contributed by atoms with Crippen molar-refractivity contribution in [3.8, 4) is 10.6 Å². The third-order valence-corrected chi connectivity index (χ3v) is 7.42. The van der Waals surface area contributed by atoms with Gasteiger partial charge >= 0.3 is 0 Å². The maximum Gasteiger partial charge on any atom is 0.266 e. The van der Waals surface area contributed by atoms with Gasteiger partial charge in [0.15, 0.2) is 0 Å². The first-order valence-electron chi connectivity index (χ1n) is 10.9. The molecule has 0 aliphatic carbocycles. The molecule has 0 unspecified atom stereocenters. The van der Waals surface area contributed by atoms with Crippen LogP contribution in [-0.4, -0.2) is 47.4 Å². The van der Waals surface area contributed by atoms with Gasteiger partial charge < -0.3 is 5.11 Å². The molecule has 0 amide bonds. The van der Waals surface area contributed by atoms with Crippen LogP contribution < -0.4 is 5.56 Å². The summed E-state index contributed by atoms with van der Waals surface area (Å²) in [5.41, 5.74) is 0.781. The van der Waals surface area contributed by atoms with Crippen LogP contribution >= 0.6 is 11.3 Å². The molecule has 8 heteroatoms. The summed E-state index contributed by atoms with van der Waals surface area (Å²) in [4.78, 5) is 24.7. The Bertz CT molecular complexity index is 1080. The maximum atomic E-state index is 12.5. The third-order valence-electron chi connectivity index (χ3n) is 6.53. The molecule has 0 spiro atoms. The minimum atomic E-state index is -0.930. The molecule has 0 saturated carbocycles. The van der Waals surface area contributed by atoms with Crippen molar-refractivity contribution in [3.63, 3.8) is 0 Å². The van der Waals surface area contributed by atoms with Crippen LogP contribution in [0, 0.1) is 6.92 Å². The SMILES string of the molecule is Cc1ncc(CN2[C@@H]3CCC[C@@H]2CC(O)(Cn2nc(-c4cccs4)ccc2=O)C3)cn1. The van der Waals surface area contributed by atoms with Gasteiger partial charge in [-0.05, 0) is 50.1 Å². The van der Waals surface area contributed by atoms with E-state index in [1.165, 1.54) is 11.1 Å². The molecule has 2 bridgehead atoms. The molecule has 2 fully saturated rings. The lowest BCUT2D eigenvalue weighted by atomic mass is 9.75. The van der Waals surface area contributed by atoms with Crippen LogP contribution in [0.3, 0.4) is 0 Å². The van der Waals surface area contributed by atoms with E-state index in [9.17, 15) is 9.90 Å². The lowest BCUT2D eigenvalue weighted by Crippen LogP contribution is -2.59. The van der Waals surface area contributed by atoms with Gasteiger partial charge in [0, 0.05) is 42.7 Å². The standard InChI is InChI=1S/C23H27N5O2S/c1-16-24-12-17(13-25-16)14-27-18-4-2-5-19(27)11-23(30,10-18)15-28-22(29)8-7-20(26-28)21-6-3-9-31-21/h3,6-9,12-13,18-19,30H,2,4-5,10-11,14-15H2,1H3/t18-,19-/m1/s1. The second-order valence-electron chi connectivity index (χ2n) is 8.87. The van der Waals surface area contributed by atoms with Crippen molar-refractivity contribution < 1.29 is 5.11 Å². The molecular weight excluding hydrogens is 410 g/mol. The lowest BCUT2D eigenvalue weighted by Gasteiger charge is -2.52. The van der Waals surface area contributed by atoms with Gasteiger partial charge in [-0.15, -0.1) is 11.3 Å². The summed E-state index contributed by atoms with van der Waals surface area (Å²) < 4.78 is 1.45. The first-order valence-corrected chi connectivity index (χ1v) is 11.7. The van der Waals surface area contributed by atoms with Crippen LogP contribution in [0.1, 0.15) is 43.5 Å². The minimum absolute atomic E-state index is 0.168. The van der Waals surface area contributed by atoms with Crippen LogP contribution in [0.2, 0.25) is 0 Å². The molecule has 0 aromatic carbocycles. The van der Waals surface area contributed by atoms with Gasteiger partial charge in [-0.2, -0.15) is 5.10 Å². The number of fused-ring (bicyclic) bond motifs is 2. The Hall–Kier alpha value is -2.42. The molecule has 2 saturated heterocycles. The van der Waals surface area contributed by atoms with Gasteiger partial charge in [-0.3, -0.25) is 9.69 Å².